The van der Waals surface area contributed by atoms with Crippen molar-refractivity contribution in [1.82, 2.24) is 14.5 Å². The first-order valence-corrected chi connectivity index (χ1v) is 7.66. The normalized spacial score (nSPS) is 12.3. The van der Waals surface area contributed by atoms with E-state index < -0.39 is 10.0 Å². The van der Waals surface area contributed by atoms with Crippen molar-refractivity contribution in [2.24, 2.45) is 0 Å². The number of likely N-dealkylation sites (N-methyl/N-ethyl adjacent to an activating group) is 2. The van der Waals surface area contributed by atoms with Crippen LogP contribution in [0.5, 0.6) is 0 Å². The van der Waals surface area contributed by atoms with Crippen molar-refractivity contribution >= 4 is 10.0 Å². The molecule has 1 rings (SSSR count). The van der Waals surface area contributed by atoms with Crippen LogP contribution in [0.4, 0.5) is 0 Å². The molecule has 0 aromatic heterocycles. The summed E-state index contributed by atoms with van der Waals surface area (Å²) in [5, 5.41) is 3.09. The molecule has 0 amide bonds. The van der Waals surface area contributed by atoms with Crippen LogP contribution in [0.2, 0.25) is 0 Å². The number of nitrogens with one attached hydrogen (secondary N) is 1. The van der Waals surface area contributed by atoms with E-state index in [2.05, 4.69) is 10.2 Å². The Kier molecular flexibility index (Phi) is 5.93. The quantitative estimate of drug-likeness (QED) is 0.796. The van der Waals surface area contributed by atoms with E-state index in [9.17, 15) is 8.42 Å². The number of benzene rings is 1. The molecule has 5 nitrogen and oxygen atoms in total. The van der Waals surface area contributed by atoms with E-state index in [1.54, 1.807) is 32.3 Å². The van der Waals surface area contributed by atoms with Gasteiger partial charge in [-0.3, -0.25) is 0 Å². The Hall–Kier alpha value is -0.950. The molecule has 0 fully saturated rings. The maximum atomic E-state index is 12.0. The van der Waals surface area contributed by atoms with Crippen LogP contribution in [-0.4, -0.2) is 58.9 Å². The standard InChI is InChI=1S/C13H23N3O2S/c1-14-8-9-16(4)11-12-6-5-7-13(10-12)19(17,18)15(2)3/h5-7,10,14H,8-9,11H2,1-4H3. The zero-order chi connectivity index (χ0) is 14.5. The second kappa shape index (κ2) is 7.00. The van der Waals surface area contributed by atoms with Gasteiger partial charge in [0.2, 0.25) is 10.0 Å². The number of sulfonamides is 1. The maximum absolute atomic E-state index is 12.0. The van der Waals surface area contributed by atoms with Gasteiger partial charge in [-0.1, -0.05) is 12.1 Å². The van der Waals surface area contributed by atoms with Gasteiger partial charge in [0.1, 0.15) is 0 Å². The van der Waals surface area contributed by atoms with Crippen LogP contribution in [0.3, 0.4) is 0 Å². The fourth-order valence-corrected chi connectivity index (χ4v) is 2.68. The Morgan fingerprint density at radius 2 is 1.89 bits per heavy atom. The van der Waals surface area contributed by atoms with Gasteiger partial charge in [0.25, 0.3) is 0 Å². The van der Waals surface area contributed by atoms with Crippen molar-refractivity contribution < 1.29 is 8.42 Å². The fraction of sp³-hybridized carbons (Fsp3) is 0.538. The Morgan fingerprint density at radius 3 is 2.47 bits per heavy atom. The van der Waals surface area contributed by atoms with Crippen molar-refractivity contribution in [2.45, 2.75) is 11.4 Å². The van der Waals surface area contributed by atoms with Crippen molar-refractivity contribution in [1.29, 1.82) is 0 Å². The van der Waals surface area contributed by atoms with Gasteiger partial charge in [-0.15, -0.1) is 0 Å². The van der Waals surface area contributed by atoms with Crippen LogP contribution in [0.1, 0.15) is 5.56 Å². The second-order valence-electron chi connectivity index (χ2n) is 4.78. The largest absolute Gasteiger partial charge is 0.318 e. The Bertz CT molecular complexity index is 500. The fourth-order valence-electron chi connectivity index (χ4n) is 1.71. The molecule has 0 heterocycles. The number of hydrogen-bond donors (Lipinski definition) is 1. The van der Waals surface area contributed by atoms with Gasteiger partial charge in [-0.2, -0.15) is 0 Å². The predicted octanol–water partition coefficient (Wildman–Crippen LogP) is 0.588. The maximum Gasteiger partial charge on any atom is 0.242 e. The van der Waals surface area contributed by atoms with Crippen molar-refractivity contribution in [3.05, 3.63) is 29.8 Å². The van der Waals surface area contributed by atoms with Gasteiger partial charge < -0.3 is 10.2 Å². The highest BCUT2D eigenvalue weighted by Crippen LogP contribution is 2.15. The lowest BCUT2D eigenvalue weighted by Gasteiger charge is -2.17. The Labute approximate surface area is 116 Å². The van der Waals surface area contributed by atoms with Gasteiger partial charge in [0, 0.05) is 33.7 Å². The first-order valence-electron chi connectivity index (χ1n) is 6.22. The molecular formula is C13H23N3O2S. The Morgan fingerprint density at radius 1 is 1.21 bits per heavy atom. The van der Waals surface area contributed by atoms with Gasteiger partial charge in [-0.25, -0.2) is 12.7 Å². The third kappa shape index (κ3) is 4.58. The van der Waals surface area contributed by atoms with Crippen LogP contribution in [0.25, 0.3) is 0 Å². The smallest absolute Gasteiger partial charge is 0.242 e. The lowest BCUT2D eigenvalue weighted by molar-refractivity contribution is 0.328. The van der Waals surface area contributed by atoms with Gasteiger partial charge in [-0.05, 0) is 31.8 Å². The van der Waals surface area contributed by atoms with Gasteiger partial charge in [0.05, 0.1) is 4.90 Å². The van der Waals surface area contributed by atoms with E-state index in [1.807, 2.05) is 20.2 Å². The molecule has 19 heavy (non-hydrogen) atoms. The summed E-state index contributed by atoms with van der Waals surface area (Å²) in [6, 6.07) is 7.11. The van der Waals surface area contributed by atoms with E-state index in [-0.39, 0.29) is 0 Å². The summed E-state index contributed by atoms with van der Waals surface area (Å²) in [7, 11) is 3.67. The monoisotopic (exact) mass is 285 g/mol. The summed E-state index contributed by atoms with van der Waals surface area (Å²) in [5.74, 6) is 0. The molecule has 0 spiro atoms. The predicted molar refractivity (Wildman–Crippen MR) is 77.6 cm³/mol. The zero-order valence-electron chi connectivity index (χ0n) is 12.0. The van der Waals surface area contributed by atoms with Crippen molar-refractivity contribution in [3.8, 4) is 0 Å². The molecule has 0 radical (unpaired) electrons. The van der Waals surface area contributed by atoms with E-state index in [4.69, 9.17) is 0 Å². The SMILES string of the molecule is CNCCN(C)Cc1cccc(S(=O)(=O)N(C)C)c1. The highest BCUT2D eigenvalue weighted by Gasteiger charge is 2.17. The molecule has 0 aliphatic carbocycles. The molecule has 1 aromatic carbocycles. The lowest BCUT2D eigenvalue weighted by atomic mass is 10.2. The number of nitrogens with zero attached hydrogens (tertiary/aromatic N) is 2. The molecule has 0 bridgehead atoms. The van der Waals surface area contributed by atoms with Gasteiger partial charge >= 0.3 is 0 Å². The van der Waals surface area contributed by atoms with Crippen molar-refractivity contribution in [3.63, 3.8) is 0 Å². The Balaban J connectivity index is 2.84. The highest BCUT2D eigenvalue weighted by atomic mass is 32.2. The summed E-state index contributed by atoms with van der Waals surface area (Å²) in [6.45, 7) is 2.56. The highest BCUT2D eigenvalue weighted by molar-refractivity contribution is 7.89. The average molecular weight is 285 g/mol. The first kappa shape index (κ1) is 16.1. The van der Waals surface area contributed by atoms with Crippen LogP contribution >= 0.6 is 0 Å². The number of rotatable bonds is 7. The molecule has 0 saturated carbocycles. The minimum Gasteiger partial charge on any atom is -0.318 e. The van der Waals surface area contributed by atoms with E-state index in [0.717, 1.165) is 25.2 Å². The summed E-state index contributed by atoms with van der Waals surface area (Å²) in [4.78, 5) is 2.50. The molecule has 1 aromatic rings. The summed E-state index contributed by atoms with van der Waals surface area (Å²) in [6.07, 6.45) is 0. The van der Waals surface area contributed by atoms with E-state index in [1.165, 1.54) is 4.31 Å². The van der Waals surface area contributed by atoms with Crippen molar-refractivity contribution in [2.75, 3.05) is 41.3 Å². The minimum absolute atomic E-state index is 0.344. The third-order valence-corrected chi connectivity index (χ3v) is 4.68. The second-order valence-corrected chi connectivity index (χ2v) is 6.93. The van der Waals surface area contributed by atoms with Crippen LogP contribution in [0, 0.1) is 0 Å². The molecule has 108 valence electrons. The van der Waals surface area contributed by atoms with E-state index >= 15 is 0 Å². The minimum atomic E-state index is -3.35. The van der Waals surface area contributed by atoms with Gasteiger partial charge in [0.15, 0.2) is 0 Å². The van der Waals surface area contributed by atoms with Crippen LogP contribution in [0.15, 0.2) is 29.2 Å². The molecule has 0 aliphatic rings. The topological polar surface area (TPSA) is 52.7 Å². The van der Waals surface area contributed by atoms with Crippen LogP contribution in [-0.2, 0) is 16.6 Å². The lowest BCUT2D eigenvalue weighted by Crippen LogP contribution is -2.27. The molecule has 0 saturated heterocycles. The molecule has 0 atom stereocenters. The van der Waals surface area contributed by atoms with E-state index in [0.29, 0.717) is 4.90 Å². The summed E-state index contributed by atoms with van der Waals surface area (Å²) in [5.41, 5.74) is 1.00. The molecule has 1 N–H and O–H groups in total. The third-order valence-electron chi connectivity index (χ3n) is 2.87. The van der Waals surface area contributed by atoms with Crippen LogP contribution < -0.4 is 5.32 Å². The summed E-state index contributed by atoms with van der Waals surface area (Å²) < 4.78 is 25.3. The number of hydrogen-bond acceptors (Lipinski definition) is 4. The molecule has 0 aliphatic heterocycles. The molecule has 6 heteroatoms. The first-order chi connectivity index (χ1) is 8.87. The molecular weight excluding hydrogens is 262 g/mol. The average Bonchev–Trinajstić information content (AvgIpc) is 2.36. The zero-order valence-corrected chi connectivity index (χ0v) is 12.9. The molecule has 0 unspecified atom stereocenters. The summed E-state index contributed by atoms with van der Waals surface area (Å²) >= 11 is 0.